The van der Waals surface area contributed by atoms with Crippen LogP contribution in [0.1, 0.15) is 25.0 Å². The second-order valence-electron chi connectivity index (χ2n) is 7.42. The van der Waals surface area contributed by atoms with Crippen LogP contribution in [0.4, 0.5) is 17.6 Å². The SMILES string of the molecule is C=C(C=O)/C(N)=N\N(C)c1ncc2c(n1)-c1ccc(OC)cc1CC2.CC.CNc1cccc(N)n1. The van der Waals surface area contributed by atoms with Crippen molar-refractivity contribution in [3.63, 3.8) is 0 Å². The molecule has 0 unspecified atom stereocenters. The van der Waals surface area contributed by atoms with E-state index in [1.54, 1.807) is 20.2 Å². The summed E-state index contributed by atoms with van der Waals surface area (Å²) in [4.78, 5) is 23.7. The van der Waals surface area contributed by atoms with Crippen LogP contribution in [0.2, 0.25) is 0 Å². The van der Waals surface area contributed by atoms with Crippen molar-refractivity contribution >= 4 is 29.7 Å². The van der Waals surface area contributed by atoms with Gasteiger partial charge in [-0.3, -0.25) is 4.79 Å². The van der Waals surface area contributed by atoms with Crippen LogP contribution >= 0.6 is 0 Å². The van der Waals surface area contributed by atoms with Crippen molar-refractivity contribution < 1.29 is 9.53 Å². The number of hydrogen-bond donors (Lipinski definition) is 3. The molecule has 1 aliphatic carbocycles. The third-order valence-electron chi connectivity index (χ3n) is 5.13. The molecule has 10 nitrogen and oxygen atoms in total. The molecule has 0 aliphatic heterocycles. The maximum atomic E-state index is 10.7. The van der Waals surface area contributed by atoms with E-state index < -0.39 is 0 Å². The molecule has 2 aromatic heterocycles. The Kier molecular flexibility index (Phi) is 10.4. The number of hydrogen-bond acceptors (Lipinski definition) is 9. The summed E-state index contributed by atoms with van der Waals surface area (Å²) in [5, 5.41) is 8.41. The van der Waals surface area contributed by atoms with E-state index in [0.717, 1.165) is 41.2 Å². The molecule has 0 amide bonds. The summed E-state index contributed by atoms with van der Waals surface area (Å²) in [5.41, 5.74) is 15.4. The third-order valence-corrected chi connectivity index (χ3v) is 5.13. The van der Waals surface area contributed by atoms with E-state index in [1.807, 2.05) is 57.4 Å². The number of amidine groups is 1. The second kappa shape index (κ2) is 13.4. The fourth-order valence-electron chi connectivity index (χ4n) is 3.30. The van der Waals surface area contributed by atoms with Crippen molar-refractivity contribution in [2.75, 3.05) is 37.3 Å². The van der Waals surface area contributed by atoms with E-state index in [9.17, 15) is 4.79 Å². The average molecular weight is 491 g/mol. The fraction of sp³-hybridized carbons (Fsp3) is 0.269. The van der Waals surface area contributed by atoms with Crippen molar-refractivity contribution in [2.24, 2.45) is 10.8 Å². The number of aryl methyl sites for hydroxylation is 2. The number of anilines is 3. The van der Waals surface area contributed by atoms with Crippen LogP contribution in [0.3, 0.4) is 0 Å². The molecular formula is C26H34N8O2. The fourth-order valence-corrected chi connectivity index (χ4v) is 3.30. The molecule has 36 heavy (non-hydrogen) atoms. The highest BCUT2D eigenvalue weighted by molar-refractivity contribution is 6.12. The smallest absolute Gasteiger partial charge is 0.246 e. The number of ether oxygens (including phenoxy) is 1. The zero-order valence-electron chi connectivity index (χ0n) is 21.4. The lowest BCUT2D eigenvalue weighted by Crippen LogP contribution is -2.23. The van der Waals surface area contributed by atoms with Crippen LogP contribution in [0.25, 0.3) is 11.3 Å². The van der Waals surface area contributed by atoms with Crippen LogP contribution in [0.15, 0.2) is 59.8 Å². The quantitative estimate of drug-likeness (QED) is 0.155. The second-order valence-corrected chi connectivity index (χ2v) is 7.42. The molecule has 10 heteroatoms. The number of nitrogens with two attached hydrogens (primary N) is 2. The van der Waals surface area contributed by atoms with E-state index in [2.05, 4.69) is 31.9 Å². The minimum atomic E-state index is 0.0314. The van der Waals surface area contributed by atoms with Crippen LogP contribution in [-0.2, 0) is 17.6 Å². The summed E-state index contributed by atoms with van der Waals surface area (Å²) >= 11 is 0. The Bertz CT molecular complexity index is 1230. The van der Waals surface area contributed by atoms with E-state index in [0.29, 0.717) is 18.1 Å². The molecule has 0 bridgehead atoms. The van der Waals surface area contributed by atoms with Crippen molar-refractivity contribution in [3.8, 4) is 17.0 Å². The number of pyridine rings is 1. The number of rotatable bonds is 6. The number of benzene rings is 1. The number of methoxy groups -OCH3 is 1. The molecule has 190 valence electrons. The van der Waals surface area contributed by atoms with Gasteiger partial charge in [-0.2, -0.15) is 5.10 Å². The molecule has 0 saturated heterocycles. The predicted molar refractivity (Wildman–Crippen MR) is 146 cm³/mol. The zero-order chi connectivity index (χ0) is 26.7. The molecule has 0 atom stereocenters. The van der Waals surface area contributed by atoms with Gasteiger partial charge in [-0.25, -0.2) is 20.0 Å². The Hall–Kier alpha value is -4.47. The molecule has 2 heterocycles. The molecule has 1 aliphatic rings. The zero-order valence-corrected chi connectivity index (χ0v) is 21.4. The molecule has 0 saturated carbocycles. The number of carbonyl (C=O) groups excluding carboxylic acids is 1. The Morgan fingerprint density at radius 3 is 2.53 bits per heavy atom. The van der Waals surface area contributed by atoms with Crippen molar-refractivity contribution in [3.05, 3.63) is 65.9 Å². The lowest BCUT2D eigenvalue weighted by Gasteiger charge is -2.21. The number of nitrogens with one attached hydrogen (secondary N) is 1. The normalized spacial score (nSPS) is 11.3. The van der Waals surface area contributed by atoms with Gasteiger partial charge >= 0.3 is 0 Å². The van der Waals surface area contributed by atoms with Gasteiger partial charge in [-0.15, -0.1) is 0 Å². The first-order valence-electron chi connectivity index (χ1n) is 11.5. The molecule has 0 fully saturated rings. The van der Waals surface area contributed by atoms with E-state index in [4.69, 9.17) is 16.2 Å². The van der Waals surface area contributed by atoms with Crippen LogP contribution in [0, 0.1) is 0 Å². The van der Waals surface area contributed by atoms with E-state index in [-0.39, 0.29) is 11.4 Å². The van der Waals surface area contributed by atoms with Gasteiger partial charge in [0.2, 0.25) is 5.95 Å². The molecular weight excluding hydrogens is 456 g/mol. The van der Waals surface area contributed by atoms with Crippen molar-refractivity contribution in [1.29, 1.82) is 0 Å². The van der Waals surface area contributed by atoms with Gasteiger partial charge < -0.3 is 21.5 Å². The van der Waals surface area contributed by atoms with Gasteiger partial charge in [-0.05, 0) is 54.3 Å². The van der Waals surface area contributed by atoms with Gasteiger partial charge in [0.15, 0.2) is 12.1 Å². The summed E-state index contributed by atoms with van der Waals surface area (Å²) in [6.07, 6.45) is 4.15. The topological polar surface area (TPSA) is 145 Å². The summed E-state index contributed by atoms with van der Waals surface area (Å²) in [6.45, 7) is 7.53. The average Bonchev–Trinajstić information content (AvgIpc) is 2.93. The number of hydrazone groups is 1. The summed E-state index contributed by atoms with van der Waals surface area (Å²) in [6, 6.07) is 11.4. The highest BCUT2D eigenvalue weighted by Gasteiger charge is 2.20. The summed E-state index contributed by atoms with van der Waals surface area (Å²) in [5.74, 6) is 2.60. The predicted octanol–water partition coefficient (Wildman–Crippen LogP) is 3.45. The minimum absolute atomic E-state index is 0.0314. The molecule has 0 radical (unpaired) electrons. The number of aromatic nitrogens is 3. The largest absolute Gasteiger partial charge is 0.497 e. The van der Waals surface area contributed by atoms with Gasteiger partial charge in [0, 0.05) is 25.9 Å². The Morgan fingerprint density at radius 2 is 1.92 bits per heavy atom. The third kappa shape index (κ3) is 7.02. The number of nitrogens with zero attached hydrogens (tertiary/aromatic N) is 5. The first-order chi connectivity index (χ1) is 17.4. The Labute approximate surface area is 212 Å². The van der Waals surface area contributed by atoms with Gasteiger partial charge in [0.05, 0.1) is 18.4 Å². The van der Waals surface area contributed by atoms with Crippen LogP contribution in [0.5, 0.6) is 5.75 Å². The number of fused-ring (bicyclic) bond motifs is 3. The van der Waals surface area contributed by atoms with Crippen molar-refractivity contribution in [1.82, 2.24) is 15.0 Å². The Balaban J connectivity index is 0.000000347. The van der Waals surface area contributed by atoms with E-state index >= 15 is 0 Å². The monoisotopic (exact) mass is 490 g/mol. The standard InChI is InChI=1S/C18H19N5O2.C6H9N3.C2H6/c1-11(10-24)17(19)22-23(2)18-20-9-13-5-4-12-8-14(25-3)6-7-15(12)16(13)21-18;1-8-6-4-2-3-5(7)9-6;1-2/h6-10H,1,4-5H2,2-3H3,(H2,19,22);2-4H,1H3,(H3,7,8,9);1-2H3. The first-order valence-corrected chi connectivity index (χ1v) is 11.5. The van der Waals surface area contributed by atoms with Gasteiger partial charge in [0.1, 0.15) is 17.4 Å². The maximum absolute atomic E-state index is 10.7. The highest BCUT2D eigenvalue weighted by atomic mass is 16.5. The van der Waals surface area contributed by atoms with Gasteiger partial charge in [-0.1, -0.05) is 26.5 Å². The Morgan fingerprint density at radius 1 is 1.19 bits per heavy atom. The minimum Gasteiger partial charge on any atom is -0.497 e. The van der Waals surface area contributed by atoms with Crippen LogP contribution < -0.4 is 26.5 Å². The van der Waals surface area contributed by atoms with Crippen molar-refractivity contribution in [2.45, 2.75) is 26.7 Å². The maximum Gasteiger partial charge on any atom is 0.246 e. The summed E-state index contributed by atoms with van der Waals surface area (Å²) in [7, 11) is 5.13. The number of carbonyl (C=O) groups is 1. The molecule has 4 rings (SSSR count). The van der Waals surface area contributed by atoms with Crippen LogP contribution in [-0.4, -0.2) is 48.3 Å². The first kappa shape index (κ1) is 27.8. The molecule has 5 N–H and O–H groups in total. The number of nitrogen functional groups attached to an aromatic ring is 1. The molecule has 1 aromatic carbocycles. The molecule has 3 aromatic rings. The molecule has 0 spiro atoms. The van der Waals surface area contributed by atoms with E-state index in [1.165, 1.54) is 10.6 Å². The summed E-state index contributed by atoms with van der Waals surface area (Å²) < 4.78 is 5.30. The lowest BCUT2D eigenvalue weighted by atomic mass is 9.90. The lowest BCUT2D eigenvalue weighted by molar-refractivity contribution is -0.104. The highest BCUT2D eigenvalue weighted by Crippen LogP contribution is 2.34. The van der Waals surface area contributed by atoms with Gasteiger partial charge in [0.25, 0.3) is 0 Å². The number of aldehydes is 1.